The highest BCUT2D eigenvalue weighted by molar-refractivity contribution is 6.16. The first-order valence-electron chi connectivity index (χ1n) is 8.43. The first kappa shape index (κ1) is 17.5. The number of hydrogen-bond acceptors (Lipinski definition) is 4. The minimum Gasteiger partial charge on any atom is -0.494 e. The van der Waals surface area contributed by atoms with Gasteiger partial charge in [0.25, 0.3) is 0 Å². The Morgan fingerprint density at radius 3 is 2.31 bits per heavy atom. The van der Waals surface area contributed by atoms with Crippen LogP contribution in [-0.2, 0) is 9.59 Å². The van der Waals surface area contributed by atoms with E-state index in [1.165, 1.54) is 0 Å². The maximum absolute atomic E-state index is 12.6. The second-order valence-corrected chi connectivity index (χ2v) is 6.14. The summed E-state index contributed by atoms with van der Waals surface area (Å²) in [6.45, 7) is 2.47. The summed E-state index contributed by atoms with van der Waals surface area (Å²) in [6, 6.07) is 15.7. The summed E-state index contributed by atoms with van der Waals surface area (Å²) in [7, 11) is 0. The Morgan fingerprint density at radius 2 is 1.73 bits per heavy atom. The molecule has 132 valence electrons. The average molecular weight is 349 g/mol. The monoisotopic (exact) mass is 349 g/mol. The summed E-state index contributed by atoms with van der Waals surface area (Å²) in [6.07, 6.45) is 0.999. The number of anilines is 2. The normalized spacial score (nSPS) is 14.0. The van der Waals surface area contributed by atoms with Gasteiger partial charge in [-0.15, -0.1) is 0 Å². The van der Waals surface area contributed by atoms with Crippen molar-refractivity contribution < 1.29 is 14.3 Å². The van der Waals surface area contributed by atoms with Crippen LogP contribution in [0.5, 0.6) is 5.75 Å². The van der Waals surface area contributed by atoms with Gasteiger partial charge in [0, 0.05) is 11.4 Å². The van der Waals surface area contributed by atoms with Gasteiger partial charge < -0.3 is 15.4 Å². The van der Waals surface area contributed by atoms with Gasteiger partial charge in [0.1, 0.15) is 11.2 Å². The smallest absolute Gasteiger partial charge is 0.240 e. The van der Waals surface area contributed by atoms with E-state index in [9.17, 15) is 9.59 Å². The standard InChI is InChI=1S/C20H19N3O3/c1-2-26-17-8-6-15(7-9-17)22-18(24)20(10-11-20)19(25)23-16-5-3-4-14(12-16)13-21/h3-9,12H,2,10-11H2,1H3,(H,22,24)(H,23,25). The van der Waals surface area contributed by atoms with E-state index in [2.05, 4.69) is 10.6 Å². The third-order valence-corrected chi connectivity index (χ3v) is 4.29. The lowest BCUT2D eigenvalue weighted by atomic mass is 10.0. The molecule has 2 amide bonds. The predicted molar refractivity (Wildman–Crippen MR) is 97.7 cm³/mol. The van der Waals surface area contributed by atoms with Crippen LogP contribution in [0.15, 0.2) is 48.5 Å². The molecule has 0 aliphatic heterocycles. The molecular weight excluding hydrogens is 330 g/mol. The number of nitrogens with one attached hydrogen (secondary N) is 2. The van der Waals surface area contributed by atoms with Gasteiger partial charge >= 0.3 is 0 Å². The maximum atomic E-state index is 12.6. The first-order chi connectivity index (χ1) is 12.6. The summed E-state index contributed by atoms with van der Waals surface area (Å²) < 4.78 is 5.37. The van der Waals surface area contributed by atoms with Crippen molar-refractivity contribution in [2.45, 2.75) is 19.8 Å². The van der Waals surface area contributed by atoms with Crippen LogP contribution in [-0.4, -0.2) is 18.4 Å². The van der Waals surface area contributed by atoms with E-state index in [-0.39, 0.29) is 11.8 Å². The molecule has 1 aliphatic carbocycles. The number of nitrogens with zero attached hydrogens (tertiary/aromatic N) is 1. The Bertz CT molecular complexity index is 865. The van der Waals surface area contributed by atoms with E-state index >= 15 is 0 Å². The quantitative estimate of drug-likeness (QED) is 0.783. The van der Waals surface area contributed by atoms with Crippen LogP contribution in [0.25, 0.3) is 0 Å². The minimum atomic E-state index is -1.05. The second kappa shape index (κ2) is 7.28. The molecule has 2 N–H and O–H groups in total. The zero-order valence-corrected chi connectivity index (χ0v) is 14.4. The number of benzene rings is 2. The van der Waals surface area contributed by atoms with Crippen molar-refractivity contribution in [1.29, 1.82) is 5.26 Å². The van der Waals surface area contributed by atoms with Gasteiger partial charge in [-0.3, -0.25) is 9.59 Å². The van der Waals surface area contributed by atoms with E-state index in [4.69, 9.17) is 10.00 Å². The van der Waals surface area contributed by atoms with Gasteiger partial charge in [-0.05, 0) is 62.2 Å². The molecule has 0 saturated heterocycles. The van der Waals surface area contributed by atoms with Crippen molar-refractivity contribution in [3.05, 3.63) is 54.1 Å². The van der Waals surface area contributed by atoms with Crippen molar-refractivity contribution in [1.82, 2.24) is 0 Å². The number of carbonyl (C=O) groups is 2. The van der Waals surface area contributed by atoms with E-state index < -0.39 is 5.41 Å². The van der Waals surface area contributed by atoms with Crippen LogP contribution in [0.4, 0.5) is 11.4 Å². The van der Waals surface area contributed by atoms with E-state index in [1.54, 1.807) is 48.5 Å². The number of amides is 2. The molecule has 0 heterocycles. The average Bonchev–Trinajstić information content (AvgIpc) is 3.46. The van der Waals surface area contributed by atoms with Crippen LogP contribution in [0, 0.1) is 16.7 Å². The maximum Gasteiger partial charge on any atom is 0.240 e. The highest BCUT2D eigenvalue weighted by Gasteiger charge is 2.56. The molecule has 0 spiro atoms. The topological polar surface area (TPSA) is 91.2 Å². The molecule has 6 heteroatoms. The van der Waals surface area contributed by atoms with Crippen molar-refractivity contribution in [3.8, 4) is 11.8 Å². The van der Waals surface area contributed by atoms with Crippen LogP contribution < -0.4 is 15.4 Å². The Morgan fingerprint density at radius 1 is 1.08 bits per heavy atom. The molecule has 1 aliphatic rings. The largest absolute Gasteiger partial charge is 0.494 e. The number of rotatable bonds is 6. The fraction of sp³-hybridized carbons (Fsp3) is 0.250. The van der Waals surface area contributed by atoms with Crippen molar-refractivity contribution in [2.24, 2.45) is 5.41 Å². The fourth-order valence-electron chi connectivity index (χ4n) is 2.65. The number of nitriles is 1. The van der Waals surface area contributed by atoms with Crippen molar-refractivity contribution in [2.75, 3.05) is 17.2 Å². The van der Waals surface area contributed by atoms with E-state index in [1.807, 2.05) is 13.0 Å². The number of ether oxygens (including phenoxy) is 1. The molecule has 3 rings (SSSR count). The van der Waals surface area contributed by atoms with Crippen LogP contribution >= 0.6 is 0 Å². The SMILES string of the molecule is CCOc1ccc(NC(=O)C2(C(=O)Nc3cccc(C#N)c3)CC2)cc1. The summed E-state index contributed by atoms with van der Waals surface area (Å²) >= 11 is 0. The third kappa shape index (κ3) is 3.67. The van der Waals surface area contributed by atoms with Crippen molar-refractivity contribution in [3.63, 3.8) is 0 Å². The summed E-state index contributed by atoms with van der Waals surface area (Å²) in [5.74, 6) is 0.0494. The van der Waals surface area contributed by atoms with Gasteiger partial charge in [0.2, 0.25) is 11.8 Å². The Hall–Kier alpha value is -3.33. The van der Waals surface area contributed by atoms with Gasteiger partial charge in [-0.25, -0.2) is 0 Å². The van der Waals surface area contributed by atoms with Crippen LogP contribution in [0.2, 0.25) is 0 Å². The third-order valence-electron chi connectivity index (χ3n) is 4.29. The van der Waals surface area contributed by atoms with E-state index in [0.29, 0.717) is 36.4 Å². The molecule has 0 bridgehead atoms. The molecule has 0 atom stereocenters. The second-order valence-electron chi connectivity index (χ2n) is 6.14. The molecule has 1 saturated carbocycles. The predicted octanol–water partition coefficient (Wildman–Crippen LogP) is 3.31. The Balaban J connectivity index is 1.66. The molecule has 2 aromatic carbocycles. The Labute approximate surface area is 151 Å². The number of carbonyl (C=O) groups excluding carboxylic acids is 2. The molecule has 0 unspecified atom stereocenters. The Kier molecular flexibility index (Phi) is 4.90. The van der Waals surface area contributed by atoms with Crippen molar-refractivity contribution >= 4 is 23.2 Å². The molecular formula is C20H19N3O3. The molecule has 6 nitrogen and oxygen atoms in total. The zero-order valence-electron chi connectivity index (χ0n) is 14.4. The van der Waals surface area contributed by atoms with Gasteiger partial charge in [0.05, 0.1) is 18.2 Å². The van der Waals surface area contributed by atoms with Gasteiger partial charge in [-0.1, -0.05) is 6.07 Å². The minimum absolute atomic E-state index is 0.324. The molecule has 2 aromatic rings. The first-order valence-corrected chi connectivity index (χ1v) is 8.43. The molecule has 0 radical (unpaired) electrons. The van der Waals surface area contributed by atoms with Crippen LogP contribution in [0.3, 0.4) is 0 Å². The summed E-state index contributed by atoms with van der Waals surface area (Å²) in [5, 5.41) is 14.5. The zero-order chi connectivity index (χ0) is 18.6. The van der Waals surface area contributed by atoms with Gasteiger partial charge in [-0.2, -0.15) is 5.26 Å². The fourth-order valence-corrected chi connectivity index (χ4v) is 2.65. The lowest BCUT2D eigenvalue weighted by Crippen LogP contribution is -2.35. The summed E-state index contributed by atoms with van der Waals surface area (Å²) in [5.41, 5.74) is 0.519. The van der Waals surface area contributed by atoms with E-state index in [0.717, 1.165) is 5.75 Å². The highest BCUT2D eigenvalue weighted by Crippen LogP contribution is 2.47. The lowest BCUT2D eigenvalue weighted by molar-refractivity contribution is -0.131. The number of hydrogen-bond donors (Lipinski definition) is 2. The molecule has 26 heavy (non-hydrogen) atoms. The molecule has 0 aromatic heterocycles. The molecule has 1 fully saturated rings. The van der Waals surface area contributed by atoms with Crippen LogP contribution in [0.1, 0.15) is 25.3 Å². The summed E-state index contributed by atoms with van der Waals surface area (Å²) in [4.78, 5) is 25.2. The van der Waals surface area contributed by atoms with Gasteiger partial charge in [0.15, 0.2) is 0 Å². The lowest BCUT2D eigenvalue weighted by Gasteiger charge is -2.16. The highest BCUT2D eigenvalue weighted by atomic mass is 16.5.